The lowest BCUT2D eigenvalue weighted by molar-refractivity contribution is -0.142. The van der Waals surface area contributed by atoms with E-state index in [0.29, 0.717) is 25.3 Å². The molecule has 2 rings (SSSR count). The molecule has 5 nitrogen and oxygen atoms in total. The Hall–Kier alpha value is -2.82. The molecule has 0 heterocycles. The summed E-state index contributed by atoms with van der Waals surface area (Å²) < 4.78 is 5.72. The first-order valence-corrected chi connectivity index (χ1v) is 10.3. The number of benzene rings is 2. The van der Waals surface area contributed by atoms with Crippen molar-refractivity contribution in [1.82, 2.24) is 10.2 Å². The molecular formula is C24H32N2O3. The van der Waals surface area contributed by atoms with Crippen LogP contribution in [0.15, 0.2) is 48.5 Å². The van der Waals surface area contributed by atoms with Crippen LogP contribution in [-0.4, -0.2) is 35.9 Å². The van der Waals surface area contributed by atoms with Crippen molar-refractivity contribution in [2.24, 2.45) is 0 Å². The van der Waals surface area contributed by atoms with Gasteiger partial charge in [-0.2, -0.15) is 0 Å². The van der Waals surface area contributed by atoms with Gasteiger partial charge in [-0.1, -0.05) is 55.8 Å². The predicted octanol–water partition coefficient (Wildman–Crippen LogP) is 3.88. The van der Waals surface area contributed by atoms with Crippen molar-refractivity contribution in [3.63, 3.8) is 0 Å². The monoisotopic (exact) mass is 396 g/mol. The minimum Gasteiger partial charge on any atom is -0.484 e. The lowest BCUT2D eigenvalue weighted by Crippen LogP contribution is -2.50. The van der Waals surface area contributed by atoms with E-state index in [0.717, 1.165) is 17.5 Å². The Labute approximate surface area is 174 Å². The molecule has 0 radical (unpaired) electrons. The average Bonchev–Trinajstić information content (AvgIpc) is 2.72. The number of hydrogen-bond acceptors (Lipinski definition) is 3. The van der Waals surface area contributed by atoms with E-state index in [1.807, 2.05) is 69.3 Å². The quantitative estimate of drug-likeness (QED) is 0.663. The van der Waals surface area contributed by atoms with Crippen LogP contribution >= 0.6 is 0 Å². The van der Waals surface area contributed by atoms with Gasteiger partial charge in [-0.15, -0.1) is 0 Å². The molecule has 1 atom stereocenters. The summed E-state index contributed by atoms with van der Waals surface area (Å²) in [6, 6.07) is 15.2. The Morgan fingerprint density at radius 3 is 2.34 bits per heavy atom. The van der Waals surface area contributed by atoms with Crippen molar-refractivity contribution in [3.05, 3.63) is 65.2 Å². The Morgan fingerprint density at radius 1 is 1.03 bits per heavy atom. The fourth-order valence-corrected chi connectivity index (χ4v) is 3.27. The Bertz CT molecular complexity index is 802. The van der Waals surface area contributed by atoms with Crippen molar-refractivity contribution in [3.8, 4) is 5.75 Å². The standard InChI is InChI=1S/C24H32N2O3/c1-5-19-11-13-21(14-12-19)29-17-23(27)26(22(6-2)24(28)25-7-3)16-20-10-8-9-18(4)15-20/h8-15,22H,5-7,16-17H2,1-4H3,(H,25,28). The van der Waals surface area contributed by atoms with Crippen molar-refractivity contribution >= 4 is 11.8 Å². The Kier molecular flexibility index (Phi) is 8.71. The van der Waals surface area contributed by atoms with Crippen LogP contribution in [0.4, 0.5) is 0 Å². The molecule has 5 heteroatoms. The van der Waals surface area contributed by atoms with Gasteiger partial charge in [-0.05, 0) is 49.9 Å². The molecular weight excluding hydrogens is 364 g/mol. The molecule has 0 fully saturated rings. The second-order valence-electron chi connectivity index (χ2n) is 7.12. The normalized spacial score (nSPS) is 11.6. The number of hydrogen-bond donors (Lipinski definition) is 1. The molecule has 2 aromatic carbocycles. The second-order valence-corrected chi connectivity index (χ2v) is 7.12. The van der Waals surface area contributed by atoms with E-state index in [4.69, 9.17) is 4.74 Å². The van der Waals surface area contributed by atoms with Gasteiger partial charge in [-0.3, -0.25) is 9.59 Å². The van der Waals surface area contributed by atoms with Crippen LogP contribution < -0.4 is 10.1 Å². The van der Waals surface area contributed by atoms with Crippen molar-refractivity contribution in [2.45, 2.75) is 53.1 Å². The van der Waals surface area contributed by atoms with Gasteiger partial charge in [0.1, 0.15) is 11.8 Å². The van der Waals surface area contributed by atoms with Crippen LogP contribution in [0.2, 0.25) is 0 Å². The average molecular weight is 397 g/mol. The number of carbonyl (C=O) groups is 2. The third-order valence-corrected chi connectivity index (χ3v) is 4.87. The number of nitrogens with zero attached hydrogens (tertiary/aromatic N) is 1. The number of nitrogens with one attached hydrogen (secondary N) is 1. The van der Waals surface area contributed by atoms with Gasteiger partial charge in [0.25, 0.3) is 5.91 Å². The third kappa shape index (κ3) is 6.63. The molecule has 0 saturated heterocycles. The highest BCUT2D eigenvalue weighted by molar-refractivity contribution is 5.88. The summed E-state index contributed by atoms with van der Waals surface area (Å²) >= 11 is 0. The zero-order chi connectivity index (χ0) is 21.2. The predicted molar refractivity (Wildman–Crippen MR) is 116 cm³/mol. The van der Waals surface area contributed by atoms with Crippen LogP contribution in [0.3, 0.4) is 0 Å². The Morgan fingerprint density at radius 2 is 1.76 bits per heavy atom. The van der Waals surface area contributed by atoms with Crippen LogP contribution in [-0.2, 0) is 22.6 Å². The summed E-state index contributed by atoms with van der Waals surface area (Å²) in [4.78, 5) is 27.3. The molecule has 156 valence electrons. The molecule has 2 amide bonds. The van der Waals surface area contributed by atoms with E-state index in [1.54, 1.807) is 4.90 Å². The SMILES string of the molecule is CCNC(=O)C(CC)N(Cc1cccc(C)c1)C(=O)COc1ccc(CC)cc1. The minimum atomic E-state index is -0.533. The summed E-state index contributed by atoms with van der Waals surface area (Å²) in [7, 11) is 0. The third-order valence-electron chi connectivity index (χ3n) is 4.87. The molecule has 29 heavy (non-hydrogen) atoms. The largest absolute Gasteiger partial charge is 0.484 e. The number of carbonyl (C=O) groups excluding carboxylic acids is 2. The number of likely N-dealkylation sites (N-methyl/N-ethyl adjacent to an activating group) is 1. The molecule has 0 aromatic heterocycles. The smallest absolute Gasteiger partial charge is 0.261 e. The molecule has 2 aromatic rings. The zero-order valence-corrected chi connectivity index (χ0v) is 17.9. The van der Waals surface area contributed by atoms with E-state index in [1.165, 1.54) is 5.56 Å². The summed E-state index contributed by atoms with van der Waals surface area (Å²) in [6.07, 6.45) is 1.49. The van der Waals surface area contributed by atoms with Gasteiger partial charge in [-0.25, -0.2) is 0 Å². The summed E-state index contributed by atoms with van der Waals surface area (Å²) in [5, 5.41) is 2.84. The fourth-order valence-electron chi connectivity index (χ4n) is 3.27. The maximum atomic E-state index is 13.1. The van der Waals surface area contributed by atoms with Gasteiger partial charge >= 0.3 is 0 Å². The summed E-state index contributed by atoms with van der Waals surface area (Å²) in [5.74, 6) is 0.310. The molecule has 0 aliphatic carbocycles. The van der Waals surface area contributed by atoms with Gasteiger partial charge in [0.2, 0.25) is 5.91 Å². The van der Waals surface area contributed by atoms with Crippen LogP contribution in [0.1, 0.15) is 43.9 Å². The second kappa shape index (κ2) is 11.2. The molecule has 0 aliphatic rings. The highest BCUT2D eigenvalue weighted by Crippen LogP contribution is 2.16. The lowest BCUT2D eigenvalue weighted by Gasteiger charge is -2.30. The van der Waals surface area contributed by atoms with E-state index in [2.05, 4.69) is 12.2 Å². The van der Waals surface area contributed by atoms with E-state index >= 15 is 0 Å². The maximum Gasteiger partial charge on any atom is 0.261 e. The number of rotatable bonds is 10. The first-order chi connectivity index (χ1) is 14.0. The number of aryl methyl sites for hydroxylation is 2. The first kappa shape index (κ1) is 22.5. The topological polar surface area (TPSA) is 58.6 Å². The number of amides is 2. The number of ether oxygens (including phenoxy) is 1. The summed E-state index contributed by atoms with van der Waals surface area (Å²) in [6.45, 7) is 8.69. The minimum absolute atomic E-state index is 0.104. The van der Waals surface area contributed by atoms with Gasteiger partial charge < -0.3 is 15.0 Å². The highest BCUT2D eigenvalue weighted by atomic mass is 16.5. The highest BCUT2D eigenvalue weighted by Gasteiger charge is 2.28. The van der Waals surface area contributed by atoms with E-state index < -0.39 is 6.04 Å². The van der Waals surface area contributed by atoms with Crippen LogP contribution in [0.25, 0.3) is 0 Å². The van der Waals surface area contributed by atoms with Crippen LogP contribution in [0.5, 0.6) is 5.75 Å². The maximum absolute atomic E-state index is 13.1. The molecule has 0 spiro atoms. The molecule has 1 N–H and O–H groups in total. The van der Waals surface area contributed by atoms with E-state index in [9.17, 15) is 9.59 Å². The molecule has 0 bridgehead atoms. The molecule has 1 unspecified atom stereocenters. The van der Waals surface area contributed by atoms with Crippen LogP contribution in [0, 0.1) is 6.92 Å². The molecule has 0 aliphatic heterocycles. The fraction of sp³-hybridized carbons (Fsp3) is 0.417. The first-order valence-electron chi connectivity index (χ1n) is 10.3. The van der Waals surface area contributed by atoms with Gasteiger partial charge in [0.05, 0.1) is 0 Å². The van der Waals surface area contributed by atoms with Gasteiger partial charge in [0.15, 0.2) is 6.61 Å². The summed E-state index contributed by atoms with van der Waals surface area (Å²) in [5.41, 5.74) is 3.33. The van der Waals surface area contributed by atoms with Crippen molar-refractivity contribution < 1.29 is 14.3 Å². The lowest BCUT2D eigenvalue weighted by atomic mass is 10.1. The van der Waals surface area contributed by atoms with Gasteiger partial charge in [0, 0.05) is 13.1 Å². The van der Waals surface area contributed by atoms with Crippen molar-refractivity contribution in [1.29, 1.82) is 0 Å². The van der Waals surface area contributed by atoms with Crippen molar-refractivity contribution in [2.75, 3.05) is 13.2 Å². The Balaban J connectivity index is 2.17. The van der Waals surface area contributed by atoms with E-state index in [-0.39, 0.29) is 18.4 Å². The molecule has 0 saturated carbocycles. The zero-order valence-electron chi connectivity index (χ0n) is 17.9.